The van der Waals surface area contributed by atoms with Crippen molar-refractivity contribution in [2.24, 2.45) is 0 Å². The molecule has 1 unspecified atom stereocenters. The SMILES string of the molecule is COc1ccc(/C(O)=C2/C(=O)C(=O)N(c3ccc(N4CCN(C)CC4)cc3)C2c2cccnc2)cc1C(C)C. The highest BCUT2D eigenvalue weighted by atomic mass is 16.5. The fourth-order valence-corrected chi connectivity index (χ4v) is 5.33. The molecular weight excluding hydrogens is 492 g/mol. The van der Waals surface area contributed by atoms with Crippen molar-refractivity contribution in [1.82, 2.24) is 9.88 Å². The molecule has 5 rings (SSSR count). The zero-order valence-electron chi connectivity index (χ0n) is 22.8. The van der Waals surface area contributed by atoms with Crippen molar-refractivity contribution >= 4 is 28.8 Å². The third kappa shape index (κ3) is 5.00. The van der Waals surface area contributed by atoms with Gasteiger partial charge >= 0.3 is 0 Å². The number of amides is 1. The summed E-state index contributed by atoms with van der Waals surface area (Å²) in [6.45, 7) is 7.89. The Bertz CT molecular complexity index is 1390. The molecule has 3 heterocycles. The van der Waals surface area contributed by atoms with Gasteiger partial charge < -0.3 is 19.6 Å². The van der Waals surface area contributed by atoms with Crippen molar-refractivity contribution in [2.75, 3.05) is 50.1 Å². The summed E-state index contributed by atoms with van der Waals surface area (Å²) in [5.41, 5.74) is 3.68. The number of nitrogens with zero attached hydrogens (tertiary/aromatic N) is 4. The molecular formula is C31H34N4O4. The summed E-state index contributed by atoms with van der Waals surface area (Å²) in [6, 6.07) is 15.8. The van der Waals surface area contributed by atoms with E-state index in [-0.39, 0.29) is 17.3 Å². The van der Waals surface area contributed by atoms with E-state index in [9.17, 15) is 14.7 Å². The van der Waals surface area contributed by atoms with Gasteiger partial charge in [0.05, 0.1) is 18.7 Å². The summed E-state index contributed by atoms with van der Waals surface area (Å²) >= 11 is 0. The predicted octanol–water partition coefficient (Wildman–Crippen LogP) is 4.59. The fourth-order valence-electron chi connectivity index (χ4n) is 5.33. The molecule has 8 nitrogen and oxygen atoms in total. The van der Waals surface area contributed by atoms with Crippen molar-refractivity contribution in [1.29, 1.82) is 0 Å². The van der Waals surface area contributed by atoms with Gasteiger partial charge in [-0.1, -0.05) is 19.9 Å². The van der Waals surface area contributed by atoms with E-state index in [0.29, 0.717) is 22.6 Å². The summed E-state index contributed by atoms with van der Waals surface area (Å²) < 4.78 is 5.49. The van der Waals surface area contributed by atoms with Crippen LogP contribution in [0.4, 0.5) is 11.4 Å². The summed E-state index contributed by atoms with van der Waals surface area (Å²) in [7, 11) is 3.72. The third-order valence-corrected chi connectivity index (χ3v) is 7.57. The Labute approximate surface area is 229 Å². The minimum atomic E-state index is -0.821. The first kappa shape index (κ1) is 26.4. The number of carbonyl (C=O) groups is 2. The van der Waals surface area contributed by atoms with Gasteiger partial charge in [0.2, 0.25) is 0 Å². The van der Waals surface area contributed by atoms with E-state index in [0.717, 1.165) is 37.4 Å². The van der Waals surface area contributed by atoms with E-state index in [4.69, 9.17) is 4.74 Å². The van der Waals surface area contributed by atoms with E-state index >= 15 is 0 Å². The smallest absolute Gasteiger partial charge is 0.300 e. The minimum Gasteiger partial charge on any atom is -0.507 e. The highest BCUT2D eigenvalue weighted by Gasteiger charge is 2.47. The molecule has 0 saturated carbocycles. The zero-order chi connectivity index (χ0) is 27.7. The fraction of sp³-hybridized carbons (Fsp3) is 0.323. The molecule has 0 bridgehead atoms. The van der Waals surface area contributed by atoms with Gasteiger partial charge in [0.25, 0.3) is 11.7 Å². The lowest BCUT2D eigenvalue weighted by atomic mass is 9.93. The van der Waals surface area contributed by atoms with Crippen molar-refractivity contribution in [3.8, 4) is 5.75 Å². The highest BCUT2D eigenvalue weighted by molar-refractivity contribution is 6.51. The molecule has 0 spiro atoms. The van der Waals surface area contributed by atoms with Gasteiger partial charge in [0.15, 0.2) is 0 Å². The largest absolute Gasteiger partial charge is 0.507 e. The third-order valence-electron chi connectivity index (χ3n) is 7.57. The van der Waals surface area contributed by atoms with E-state index < -0.39 is 17.7 Å². The average molecular weight is 527 g/mol. The Morgan fingerprint density at radius 2 is 1.69 bits per heavy atom. The lowest BCUT2D eigenvalue weighted by molar-refractivity contribution is -0.132. The molecule has 0 radical (unpaired) electrons. The lowest BCUT2D eigenvalue weighted by Gasteiger charge is -2.34. The van der Waals surface area contributed by atoms with Crippen LogP contribution in [0.15, 0.2) is 72.6 Å². The number of anilines is 2. The number of pyridine rings is 1. The van der Waals surface area contributed by atoms with Gasteiger partial charge in [-0.05, 0) is 72.6 Å². The number of methoxy groups -OCH3 is 1. The van der Waals surface area contributed by atoms with Gasteiger partial charge in [-0.15, -0.1) is 0 Å². The van der Waals surface area contributed by atoms with Crippen LogP contribution in [0.25, 0.3) is 5.76 Å². The van der Waals surface area contributed by atoms with Crippen LogP contribution in [0.5, 0.6) is 5.75 Å². The molecule has 0 aliphatic carbocycles. The number of aromatic nitrogens is 1. The minimum absolute atomic E-state index is 0.0380. The Morgan fingerprint density at radius 3 is 2.31 bits per heavy atom. The standard InChI is InChI=1S/C31H34N4O4/c1-20(2)25-18-21(7-12-26(25)39-4)29(36)27-28(22-6-5-13-32-19-22)35(31(38)30(27)37)24-10-8-23(9-11-24)34-16-14-33(3)15-17-34/h5-13,18-20,28,36H,14-17H2,1-4H3/b29-27-. The second-order valence-corrected chi connectivity index (χ2v) is 10.4. The molecule has 1 N–H and O–H groups in total. The Balaban J connectivity index is 1.58. The van der Waals surface area contributed by atoms with Crippen molar-refractivity contribution in [3.63, 3.8) is 0 Å². The Morgan fingerprint density at radius 1 is 1.00 bits per heavy atom. The first-order chi connectivity index (χ1) is 18.8. The molecule has 2 aliphatic rings. The molecule has 2 fully saturated rings. The van der Waals surface area contributed by atoms with E-state index in [1.54, 1.807) is 37.7 Å². The molecule has 39 heavy (non-hydrogen) atoms. The number of Topliss-reactive ketones (excluding diaryl/α,β-unsaturated/α-hetero) is 1. The quantitative estimate of drug-likeness (QED) is 0.286. The number of aliphatic hydroxyl groups is 1. The van der Waals surface area contributed by atoms with Crippen LogP contribution in [0.1, 0.15) is 42.5 Å². The molecule has 8 heteroatoms. The van der Waals surface area contributed by atoms with Gasteiger partial charge in [0, 0.05) is 55.5 Å². The van der Waals surface area contributed by atoms with Crippen LogP contribution in [-0.2, 0) is 9.59 Å². The van der Waals surface area contributed by atoms with Gasteiger partial charge in [-0.2, -0.15) is 0 Å². The van der Waals surface area contributed by atoms with E-state index in [2.05, 4.69) is 21.8 Å². The Kier molecular flexibility index (Phi) is 7.39. The number of carbonyl (C=O) groups excluding carboxylic acids is 2. The summed E-state index contributed by atoms with van der Waals surface area (Å²) in [6.07, 6.45) is 3.27. The molecule has 2 aliphatic heterocycles. The van der Waals surface area contributed by atoms with Crippen LogP contribution in [0, 0.1) is 0 Å². The van der Waals surface area contributed by atoms with Crippen LogP contribution in [0.2, 0.25) is 0 Å². The van der Waals surface area contributed by atoms with Crippen molar-refractivity contribution < 1.29 is 19.4 Å². The van der Waals surface area contributed by atoms with Crippen molar-refractivity contribution in [3.05, 3.63) is 89.3 Å². The molecule has 1 atom stereocenters. The molecule has 3 aromatic rings. The van der Waals surface area contributed by atoms with E-state index in [1.807, 2.05) is 50.2 Å². The first-order valence-electron chi connectivity index (χ1n) is 13.2. The monoisotopic (exact) mass is 526 g/mol. The number of hydrogen-bond acceptors (Lipinski definition) is 7. The molecule has 2 aromatic carbocycles. The second-order valence-electron chi connectivity index (χ2n) is 10.4. The topological polar surface area (TPSA) is 86.2 Å². The van der Waals surface area contributed by atoms with Crippen LogP contribution in [0.3, 0.4) is 0 Å². The number of ether oxygens (including phenoxy) is 1. The summed E-state index contributed by atoms with van der Waals surface area (Å²) in [4.78, 5) is 37.3. The maximum absolute atomic E-state index is 13.5. The molecule has 202 valence electrons. The maximum atomic E-state index is 13.5. The maximum Gasteiger partial charge on any atom is 0.300 e. The molecule has 1 aromatic heterocycles. The number of hydrogen-bond donors (Lipinski definition) is 1. The number of aliphatic hydroxyl groups excluding tert-OH is 1. The number of piperazine rings is 1. The normalized spacial score (nSPS) is 19.7. The second kappa shape index (κ2) is 10.9. The average Bonchev–Trinajstić information content (AvgIpc) is 3.23. The number of benzene rings is 2. The summed E-state index contributed by atoms with van der Waals surface area (Å²) in [5, 5.41) is 11.5. The van der Waals surface area contributed by atoms with Gasteiger partial charge in [0.1, 0.15) is 11.5 Å². The van der Waals surface area contributed by atoms with E-state index in [1.165, 1.54) is 4.90 Å². The summed E-state index contributed by atoms with van der Waals surface area (Å²) in [5.74, 6) is -0.806. The van der Waals surface area contributed by atoms with Crippen molar-refractivity contribution in [2.45, 2.75) is 25.8 Å². The number of ketones is 1. The number of likely N-dealkylation sites (N-methyl/N-ethyl adjacent to an activating group) is 1. The molecule has 1 amide bonds. The number of rotatable bonds is 6. The lowest BCUT2D eigenvalue weighted by Crippen LogP contribution is -2.44. The Hall–Kier alpha value is -4.17. The zero-order valence-corrected chi connectivity index (χ0v) is 22.8. The van der Waals surface area contributed by atoms with Crippen LogP contribution >= 0.6 is 0 Å². The van der Waals surface area contributed by atoms with Gasteiger partial charge in [-0.3, -0.25) is 19.5 Å². The predicted molar refractivity (Wildman–Crippen MR) is 152 cm³/mol. The first-order valence-corrected chi connectivity index (χ1v) is 13.2. The van der Waals surface area contributed by atoms with Crippen LogP contribution in [-0.4, -0.2) is 67.0 Å². The highest BCUT2D eigenvalue weighted by Crippen LogP contribution is 2.43. The van der Waals surface area contributed by atoms with Gasteiger partial charge in [-0.25, -0.2) is 0 Å². The van der Waals surface area contributed by atoms with Crippen LogP contribution < -0.4 is 14.5 Å². The molecule has 2 saturated heterocycles.